The molecule has 11 aromatic rings. The zero-order valence-corrected chi connectivity index (χ0v) is 33.4. The lowest BCUT2D eigenvalue weighted by Crippen LogP contribution is -2.28. The van der Waals surface area contributed by atoms with Crippen molar-refractivity contribution in [3.63, 3.8) is 0 Å². The highest BCUT2D eigenvalue weighted by Gasteiger charge is 2.47. The van der Waals surface area contributed by atoms with Gasteiger partial charge < -0.3 is 9.32 Å². The summed E-state index contributed by atoms with van der Waals surface area (Å²) in [6, 6.07) is 86.2. The molecule has 0 aliphatic heterocycles. The zero-order chi connectivity index (χ0) is 40.3. The van der Waals surface area contributed by atoms with E-state index >= 15 is 0 Å². The topological polar surface area (TPSA) is 16.4 Å². The van der Waals surface area contributed by atoms with E-state index < -0.39 is 5.41 Å². The summed E-state index contributed by atoms with van der Waals surface area (Å²) in [5.41, 5.74) is 16.7. The monoisotopic (exact) mass is 777 g/mol. The molecular weight excluding hydrogens is 739 g/mol. The number of benzene rings is 10. The Morgan fingerprint density at radius 3 is 1.77 bits per heavy atom. The number of para-hydroxylation sites is 1. The Balaban J connectivity index is 1.07. The standard InChI is InChI=1S/C59H39NO/c1-3-18-46(19-4-1)59(47-20-5-2-6-21-47)53-25-11-9-24-52(53)58-54(59)26-14-27-55(58)60(49-22-13-17-43(38-49)44-30-29-40-15-7-8-16-42(40)37-44)48-34-31-41(32-35-48)45-33-36-51-50-23-10-12-28-56(50)61-57(51)39-45/h1-39H. The summed E-state index contributed by atoms with van der Waals surface area (Å²) in [5, 5.41) is 4.74. The maximum absolute atomic E-state index is 6.31. The van der Waals surface area contributed by atoms with E-state index in [0.717, 1.165) is 50.1 Å². The van der Waals surface area contributed by atoms with E-state index in [1.165, 1.54) is 55.3 Å². The van der Waals surface area contributed by atoms with E-state index in [1.807, 2.05) is 12.1 Å². The van der Waals surface area contributed by atoms with Crippen LogP contribution in [0.5, 0.6) is 0 Å². The van der Waals surface area contributed by atoms with Crippen molar-refractivity contribution in [2.75, 3.05) is 4.90 Å². The third-order valence-corrected chi connectivity index (χ3v) is 12.7. The van der Waals surface area contributed by atoms with Crippen LogP contribution >= 0.6 is 0 Å². The van der Waals surface area contributed by atoms with Gasteiger partial charge in [0.05, 0.1) is 11.1 Å². The van der Waals surface area contributed by atoms with Crippen molar-refractivity contribution in [3.05, 3.63) is 259 Å². The van der Waals surface area contributed by atoms with E-state index in [0.29, 0.717) is 0 Å². The number of hydrogen-bond donors (Lipinski definition) is 0. The van der Waals surface area contributed by atoms with E-state index in [1.54, 1.807) is 0 Å². The minimum atomic E-state index is -0.512. The minimum absolute atomic E-state index is 0.512. The molecule has 0 saturated heterocycles. The molecule has 61 heavy (non-hydrogen) atoms. The number of hydrogen-bond acceptors (Lipinski definition) is 2. The maximum Gasteiger partial charge on any atom is 0.136 e. The van der Waals surface area contributed by atoms with Gasteiger partial charge in [0.15, 0.2) is 0 Å². The Hall–Kier alpha value is -7.94. The molecule has 0 amide bonds. The summed E-state index contributed by atoms with van der Waals surface area (Å²) in [7, 11) is 0. The highest BCUT2D eigenvalue weighted by Crippen LogP contribution is 2.59. The summed E-state index contributed by atoms with van der Waals surface area (Å²) in [4.78, 5) is 2.46. The molecule has 10 aromatic carbocycles. The highest BCUT2D eigenvalue weighted by molar-refractivity contribution is 6.06. The van der Waals surface area contributed by atoms with Gasteiger partial charge in [-0.25, -0.2) is 0 Å². The first-order valence-corrected chi connectivity index (χ1v) is 21.0. The van der Waals surface area contributed by atoms with Crippen molar-refractivity contribution in [1.82, 2.24) is 0 Å². The molecule has 0 fully saturated rings. The molecule has 0 atom stereocenters. The SMILES string of the molecule is c1ccc(C2(c3ccccc3)c3ccccc3-c3c(N(c4ccc(-c5ccc6c(c5)oc5ccccc56)cc4)c4cccc(-c5ccc6ccccc6c5)c4)cccc32)cc1. The van der Waals surface area contributed by atoms with Gasteiger partial charge in [-0.3, -0.25) is 0 Å². The largest absolute Gasteiger partial charge is 0.456 e. The van der Waals surface area contributed by atoms with Crippen LogP contribution in [-0.2, 0) is 5.41 Å². The van der Waals surface area contributed by atoms with Crippen molar-refractivity contribution in [2.45, 2.75) is 5.41 Å². The summed E-state index contributed by atoms with van der Waals surface area (Å²) >= 11 is 0. The van der Waals surface area contributed by atoms with Gasteiger partial charge in [0, 0.05) is 27.7 Å². The molecule has 2 heteroatoms. The molecule has 286 valence electrons. The van der Waals surface area contributed by atoms with Gasteiger partial charge in [-0.2, -0.15) is 0 Å². The second-order valence-electron chi connectivity index (χ2n) is 16.0. The van der Waals surface area contributed by atoms with Crippen LogP contribution in [0.15, 0.2) is 241 Å². The normalized spacial score (nSPS) is 12.7. The second-order valence-corrected chi connectivity index (χ2v) is 16.0. The molecule has 1 aliphatic rings. The van der Waals surface area contributed by atoms with E-state index in [4.69, 9.17) is 4.42 Å². The van der Waals surface area contributed by atoms with Crippen molar-refractivity contribution in [3.8, 4) is 33.4 Å². The minimum Gasteiger partial charge on any atom is -0.456 e. The summed E-state index contributed by atoms with van der Waals surface area (Å²) in [6.07, 6.45) is 0. The number of anilines is 3. The van der Waals surface area contributed by atoms with E-state index in [-0.39, 0.29) is 0 Å². The molecular formula is C59H39NO. The Morgan fingerprint density at radius 1 is 0.344 bits per heavy atom. The van der Waals surface area contributed by atoms with Crippen LogP contribution < -0.4 is 4.90 Å². The fourth-order valence-corrected chi connectivity index (χ4v) is 9.99. The third-order valence-electron chi connectivity index (χ3n) is 12.7. The number of rotatable bonds is 7. The molecule has 0 bridgehead atoms. The molecule has 2 nitrogen and oxygen atoms in total. The Kier molecular flexibility index (Phi) is 8.11. The lowest BCUT2D eigenvalue weighted by molar-refractivity contribution is 0.669. The predicted octanol–water partition coefficient (Wildman–Crippen LogP) is 15.9. The van der Waals surface area contributed by atoms with Crippen LogP contribution in [0.25, 0.3) is 66.1 Å². The average Bonchev–Trinajstić information content (AvgIpc) is 3.86. The molecule has 0 radical (unpaired) electrons. The van der Waals surface area contributed by atoms with Crippen LogP contribution in [0, 0.1) is 0 Å². The Labute approximate surface area is 355 Å². The summed E-state index contributed by atoms with van der Waals surface area (Å²) in [6.45, 7) is 0. The third kappa shape index (κ3) is 5.57. The average molecular weight is 778 g/mol. The second kappa shape index (κ2) is 14.1. The molecule has 12 rings (SSSR count). The van der Waals surface area contributed by atoms with Crippen molar-refractivity contribution in [2.24, 2.45) is 0 Å². The first kappa shape index (κ1) is 35.0. The molecule has 1 aromatic heterocycles. The van der Waals surface area contributed by atoms with Crippen LogP contribution in [0.1, 0.15) is 22.3 Å². The number of nitrogens with zero attached hydrogens (tertiary/aromatic N) is 1. The Morgan fingerprint density at radius 2 is 0.951 bits per heavy atom. The van der Waals surface area contributed by atoms with E-state index in [2.05, 4.69) is 229 Å². The van der Waals surface area contributed by atoms with Crippen molar-refractivity contribution < 1.29 is 4.42 Å². The fourth-order valence-electron chi connectivity index (χ4n) is 9.99. The molecule has 0 spiro atoms. The number of furan rings is 1. The van der Waals surface area contributed by atoms with Crippen molar-refractivity contribution >= 4 is 49.8 Å². The summed E-state index contributed by atoms with van der Waals surface area (Å²) in [5.74, 6) is 0. The molecule has 0 N–H and O–H groups in total. The smallest absolute Gasteiger partial charge is 0.136 e. The van der Waals surface area contributed by atoms with E-state index in [9.17, 15) is 0 Å². The fraction of sp³-hybridized carbons (Fsp3) is 0.0169. The van der Waals surface area contributed by atoms with Gasteiger partial charge in [-0.05, 0) is 115 Å². The zero-order valence-electron chi connectivity index (χ0n) is 33.4. The number of fused-ring (bicyclic) bond motifs is 7. The Bertz CT molecular complexity index is 3380. The maximum atomic E-state index is 6.31. The van der Waals surface area contributed by atoms with Gasteiger partial charge in [0.25, 0.3) is 0 Å². The molecule has 0 unspecified atom stereocenters. The van der Waals surface area contributed by atoms with Gasteiger partial charge in [0.2, 0.25) is 0 Å². The first-order chi connectivity index (χ1) is 30.2. The first-order valence-electron chi connectivity index (χ1n) is 21.0. The van der Waals surface area contributed by atoms with Gasteiger partial charge in [-0.1, -0.05) is 182 Å². The molecule has 1 aliphatic carbocycles. The van der Waals surface area contributed by atoms with Gasteiger partial charge in [0.1, 0.15) is 11.2 Å². The van der Waals surface area contributed by atoms with Crippen LogP contribution in [0.2, 0.25) is 0 Å². The summed E-state index contributed by atoms with van der Waals surface area (Å²) < 4.78 is 6.31. The predicted molar refractivity (Wildman–Crippen MR) is 254 cm³/mol. The quantitative estimate of drug-likeness (QED) is 0.160. The molecule has 0 saturated carbocycles. The molecule has 1 heterocycles. The van der Waals surface area contributed by atoms with Crippen LogP contribution in [0.3, 0.4) is 0 Å². The van der Waals surface area contributed by atoms with Crippen LogP contribution in [-0.4, -0.2) is 0 Å². The van der Waals surface area contributed by atoms with Crippen LogP contribution in [0.4, 0.5) is 17.1 Å². The highest BCUT2D eigenvalue weighted by atomic mass is 16.3. The lowest BCUT2D eigenvalue weighted by atomic mass is 9.68. The van der Waals surface area contributed by atoms with Gasteiger partial charge in [-0.15, -0.1) is 0 Å². The van der Waals surface area contributed by atoms with Crippen molar-refractivity contribution in [1.29, 1.82) is 0 Å². The van der Waals surface area contributed by atoms with Gasteiger partial charge >= 0.3 is 0 Å². The lowest BCUT2D eigenvalue weighted by Gasteiger charge is -2.34.